The van der Waals surface area contributed by atoms with Gasteiger partial charge in [0.15, 0.2) is 0 Å². The van der Waals surface area contributed by atoms with Gasteiger partial charge in [-0.3, -0.25) is 9.69 Å². The lowest BCUT2D eigenvalue weighted by molar-refractivity contribution is -0.131. The van der Waals surface area contributed by atoms with Crippen LogP contribution in [0.2, 0.25) is 0 Å². The number of rotatable bonds is 6. The molecule has 1 N–H and O–H groups in total. The average Bonchev–Trinajstić information content (AvgIpc) is 3.17. The number of carbonyl (C=O) groups excluding carboxylic acids is 1. The third-order valence-electron chi connectivity index (χ3n) is 6.12. The third-order valence-corrected chi connectivity index (χ3v) is 6.12. The van der Waals surface area contributed by atoms with Crippen LogP contribution in [0.3, 0.4) is 0 Å². The van der Waals surface area contributed by atoms with Crippen LogP contribution in [0.4, 0.5) is 5.82 Å². The molecule has 7 heteroatoms. The summed E-state index contributed by atoms with van der Waals surface area (Å²) >= 11 is 0. The first kappa shape index (κ1) is 19.9. The zero-order valence-corrected chi connectivity index (χ0v) is 17.4. The number of likely N-dealkylation sites (tertiary alicyclic amines) is 1. The molecule has 2 aliphatic heterocycles. The lowest BCUT2D eigenvalue weighted by Crippen LogP contribution is -2.49. The summed E-state index contributed by atoms with van der Waals surface area (Å²) in [5.41, 5.74) is 1.19. The minimum Gasteiger partial charge on any atom is -0.353 e. The van der Waals surface area contributed by atoms with E-state index in [4.69, 9.17) is 0 Å². The Morgan fingerprint density at radius 3 is 2.76 bits per heavy atom. The Morgan fingerprint density at radius 2 is 2.03 bits per heavy atom. The van der Waals surface area contributed by atoms with Crippen LogP contribution in [-0.4, -0.2) is 69.9 Å². The fraction of sp³-hybridized carbons (Fsp3) is 0.591. The minimum atomic E-state index is 0.312. The van der Waals surface area contributed by atoms with Gasteiger partial charge in [0.1, 0.15) is 11.6 Å². The maximum atomic E-state index is 12.7. The molecule has 0 aliphatic carbocycles. The van der Waals surface area contributed by atoms with E-state index in [1.165, 1.54) is 18.5 Å². The number of H-pyrrole nitrogens is 1. The Hall–Kier alpha value is -2.41. The Kier molecular flexibility index (Phi) is 6.44. The van der Waals surface area contributed by atoms with Gasteiger partial charge in [-0.1, -0.05) is 6.07 Å². The normalized spacial score (nSPS) is 20.8. The highest BCUT2D eigenvalue weighted by Gasteiger charge is 2.24. The van der Waals surface area contributed by atoms with Crippen molar-refractivity contribution in [3.8, 4) is 0 Å². The Morgan fingerprint density at radius 1 is 1.17 bits per heavy atom. The summed E-state index contributed by atoms with van der Waals surface area (Å²) in [5, 5.41) is 0. The molecule has 0 bridgehead atoms. The number of carbonyl (C=O) groups is 1. The van der Waals surface area contributed by atoms with Gasteiger partial charge in [-0.05, 0) is 50.8 Å². The predicted molar refractivity (Wildman–Crippen MR) is 114 cm³/mol. The number of aromatic amines is 1. The lowest BCUT2D eigenvalue weighted by Gasteiger charge is -2.36. The van der Waals surface area contributed by atoms with Crippen molar-refractivity contribution in [3.63, 3.8) is 0 Å². The fourth-order valence-corrected chi connectivity index (χ4v) is 4.53. The van der Waals surface area contributed by atoms with Gasteiger partial charge in [0.25, 0.3) is 0 Å². The van der Waals surface area contributed by atoms with Crippen molar-refractivity contribution in [2.24, 2.45) is 5.92 Å². The van der Waals surface area contributed by atoms with Crippen molar-refractivity contribution in [3.05, 3.63) is 42.1 Å². The second-order valence-corrected chi connectivity index (χ2v) is 8.33. The monoisotopic (exact) mass is 396 g/mol. The summed E-state index contributed by atoms with van der Waals surface area (Å²) in [6, 6.07) is 5.99. The van der Waals surface area contributed by atoms with Crippen LogP contribution >= 0.6 is 0 Å². The van der Waals surface area contributed by atoms with Crippen LogP contribution < -0.4 is 4.90 Å². The lowest BCUT2D eigenvalue weighted by atomic mass is 9.93. The van der Waals surface area contributed by atoms with Crippen molar-refractivity contribution < 1.29 is 4.79 Å². The molecule has 2 aromatic rings. The van der Waals surface area contributed by atoms with Gasteiger partial charge in [0, 0.05) is 63.8 Å². The number of pyridine rings is 1. The summed E-state index contributed by atoms with van der Waals surface area (Å²) < 4.78 is 0. The van der Waals surface area contributed by atoms with E-state index < -0.39 is 0 Å². The molecule has 1 unspecified atom stereocenters. The maximum Gasteiger partial charge on any atom is 0.222 e. The Labute approximate surface area is 173 Å². The molecule has 4 heterocycles. The van der Waals surface area contributed by atoms with Gasteiger partial charge in [0.05, 0.1) is 0 Å². The zero-order chi connectivity index (χ0) is 20.1. The maximum absolute atomic E-state index is 12.7. The molecular formula is C22H32N6O. The summed E-state index contributed by atoms with van der Waals surface area (Å²) in [4.78, 5) is 31.6. The van der Waals surface area contributed by atoms with Gasteiger partial charge in [0.2, 0.25) is 5.91 Å². The van der Waals surface area contributed by atoms with E-state index in [0.717, 1.165) is 63.9 Å². The smallest absolute Gasteiger partial charge is 0.222 e. The zero-order valence-electron chi connectivity index (χ0n) is 17.4. The van der Waals surface area contributed by atoms with Crippen molar-refractivity contribution in [2.75, 3.05) is 44.2 Å². The molecule has 7 nitrogen and oxygen atoms in total. The summed E-state index contributed by atoms with van der Waals surface area (Å²) in [7, 11) is 0. The number of aromatic nitrogens is 3. The van der Waals surface area contributed by atoms with Gasteiger partial charge >= 0.3 is 0 Å². The van der Waals surface area contributed by atoms with E-state index in [0.29, 0.717) is 18.2 Å². The first-order chi connectivity index (χ1) is 14.2. The number of aryl methyl sites for hydroxylation is 1. The number of nitrogens with one attached hydrogen (secondary N) is 1. The van der Waals surface area contributed by atoms with Crippen molar-refractivity contribution in [2.45, 2.75) is 39.2 Å². The molecule has 0 aromatic carbocycles. The summed E-state index contributed by atoms with van der Waals surface area (Å²) in [6.45, 7) is 8.46. The van der Waals surface area contributed by atoms with Crippen molar-refractivity contribution in [1.82, 2.24) is 24.8 Å². The summed E-state index contributed by atoms with van der Waals surface area (Å²) in [5.74, 6) is 2.91. The number of hydrogen-bond donors (Lipinski definition) is 1. The van der Waals surface area contributed by atoms with Crippen LogP contribution in [0.25, 0.3) is 0 Å². The van der Waals surface area contributed by atoms with Crippen molar-refractivity contribution >= 4 is 11.7 Å². The second-order valence-electron chi connectivity index (χ2n) is 8.33. The molecule has 29 heavy (non-hydrogen) atoms. The quantitative estimate of drug-likeness (QED) is 0.812. The van der Waals surface area contributed by atoms with Gasteiger partial charge in [-0.2, -0.15) is 0 Å². The highest BCUT2D eigenvalue weighted by Crippen LogP contribution is 2.23. The fourth-order valence-electron chi connectivity index (χ4n) is 4.53. The van der Waals surface area contributed by atoms with Gasteiger partial charge in [-0.25, -0.2) is 9.97 Å². The Bertz CT molecular complexity index is 784. The van der Waals surface area contributed by atoms with E-state index >= 15 is 0 Å². The van der Waals surface area contributed by atoms with E-state index in [1.807, 2.05) is 42.4 Å². The molecule has 156 valence electrons. The topological polar surface area (TPSA) is 68.4 Å². The molecule has 0 radical (unpaired) electrons. The highest BCUT2D eigenvalue weighted by molar-refractivity contribution is 5.76. The first-order valence-corrected chi connectivity index (χ1v) is 10.8. The number of piperazine rings is 1. The number of hydrogen-bond acceptors (Lipinski definition) is 5. The van der Waals surface area contributed by atoms with Crippen LogP contribution in [0.5, 0.6) is 0 Å². The molecule has 1 atom stereocenters. The van der Waals surface area contributed by atoms with Crippen LogP contribution in [-0.2, 0) is 11.3 Å². The van der Waals surface area contributed by atoms with E-state index in [1.54, 1.807) is 0 Å². The third kappa shape index (κ3) is 5.35. The van der Waals surface area contributed by atoms with Gasteiger partial charge < -0.3 is 14.8 Å². The molecular weight excluding hydrogens is 364 g/mol. The predicted octanol–water partition coefficient (Wildman–Crippen LogP) is 2.45. The van der Waals surface area contributed by atoms with Gasteiger partial charge in [-0.15, -0.1) is 0 Å². The van der Waals surface area contributed by atoms with Crippen LogP contribution in [0.1, 0.15) is 37.2 Å². The standard InChI is InChI=1S/C22H32N6O/c1-18-24-15-20(25-18)17-26-10-4-5-19(16-26)7-8-22(29)28-13-11-27(12-14-28)21-6-2-3-9-23-21/h2-3,6,9,15,19H,4-5,7-8,10-14,16-17H2,1H3,(H,24,25). The minimum absolute atomic E-state index is 0.312. The van der Waals surface area contributed by atoms with E-state index in [-0.39, 0.29) is 0 Å². The summed E-state index contributed by atoms with van der Waals surface area (Å²) in [6.07, 6.45) is 7.89. The molecule has 0 spiro atoms. The van der Waals surface area contributed by atoms with Crippen LogP contribution in [0, 0.1) is 12.8 Å². The molecule has 4 rings (SSSR count). The second kappa shape index (κ2) is 9.39. The number of imidazole rings is 1. The van der Waals surface area contributed by atoms with E-state index in [9.17, 15) is 4.79 Å². The van der Waals surface area contributed by atoms with E-state index in [2.05, 4.69) is 24.8 Å². The molecule has 2 saturated heterocycles. The molecule has 2 aliphatic rings. The molecule has 2 fully saturated rings. The highest BCUT2D eigenvalue weighted by atomic mass is 16.2. The molecule has 0 saturated carbocycles. The first-order valence-electron chi connectivity index (χ1n) is 10.8. The number of nitrogens with zero attached hydrogens (tertiary/aromatic N) is 5. The Balaban J connectivity index is 1.19. The average molecular weight is 397 g/mol. The SMILES string of the molecule is Cc1ncc(CN2CCCC(CCC(=O)N3CCN(c4ccccn4)CC3)C2)[nH]1. The number of anilines is 1. The van der Waals surface area contributed by atoms with Crippen LogP contribution in [0.15, 0.2) is 30.6 Å². The van der Waals surface area contributed by atoms with Crippen molar-refractivity contribution in [1.29, 1.82) is 0 Å². The molecule has 2 aromatic heterocycles. The molecule has 1 amide bonds. The number of piperidine rings is 1. The number of amides is 1. The largest absolute Gasteiger partial charge is 0.353 e.